The first-order valence-electron chi connectivity index (χ1n) is 7.89. The Labute approximate surface area is 118 Å². The van der Waals surface area contributed by atoms with Crippen LogP contribution >= 0.6 is 0 Å². The van der Waals surface area contributed by atoms with Crippen LogP contribution in [0.25, 0.3) is 0 Å². The molecule has 0 spiro atoms. The highest BCUT2D eigenvalue weighted by molar-refractivity contribution is 5.75. The molecule has 1 fully saturated rings. The first-order valence-corrected chi connectivity index (χ1v) is 7.89. The van der Waals surface area contributed by atoms with Crippen LogP contribution in [-0.4, -0.2) is 49.6 Å². The van der Waals surface area contributed by atoms with Crippen molar-refractivity contribution < 1.29 is 4.79 Å². The van der Waals surface area contributed by atoms with Crippen molar-refractivity contribution in [1.82, 2.24) is 15.5 Å². The van der Waals surface area contributed by atoms with Gasteiger partial charge in [-0.05, 0) is 52.1 Å². The highest BCUT2D eigenvalue weighted by atomic mass is 16.1. The molecular weight excluding hydrogens is 238 g/mol. The molecule has 0 aromatic carbocycles. The number of nitrogens with one attached hydrogen (secondary N) is 2. The molecule has 1 rings (SSSR count). The lowest BCUT2D eigenvalue weighted by atomic mass is 9.91. The second-order valence-electron chi connectivity index (χ2n) is 5.65. The molecule has 0 aromatic rings. The molecule has 2 unspecified atom stereocenters. The quantitative estimate of drug-likeness (QED) is 0.704. The van der Waals surface area contributed by atoms with Gasteiger partial charge in [0.05, 0.1) is 0 Å². The lowest BCUT2D eigenvalue weighted by molar-refractivity contribution is -0.120. The Morgan fingerprint density at radius 3 is 2.89 bits per heavy atom. The SMILES string of the molecule is CCCN1CCCC(C(C)NCCC(=O)NCC)C1. The fourth-order valence-corrected chi connectivity index (χ4v) is 2.88. The van der Waals surface area contributed by atoms with E-state index in [9.17, 15) is 4.79 Å². The minimum atomic E-state index is 0.151. The molecule has 1 aliphatic heterocycles. The molecule has 19 heavy (non-hydrogen) atoms. The minimum absolute atomic E-state index is 0.151. The number of nitrogens with zero attached hydrogens (tertiary/aromatic N) is 1. The van der Waals surface area contributed by atoms with Gasteiger partial charge in [-0.25, -0.2) is 0 Å². The van der Waals surface area contributed by atoms with Gasteiger partial charge in [0.25, 0.3) is 0 Å². The Hall–Kier alpha value is -0.610. The molecule has 2 atom stereocenters. The van der Waals surface area contributed by atoms with E-state index in [1.807, 2.05) is 6.92 Å². The number of hydrogen-bond donors (Lipinski definition) is 2. The van der Waals surface area contributed by atoms with Crippen LogP contribution in [0.2, 0.25) is 0 Å². The van der Waals surface area contributed by atoms with Crippen molar-refractivity contribution in [3.63, 3.8) is 0 Å². The van der Waals surface area contributed by atoms with E-state index in [-0.39, 0.29) is 5.91 Å². The van der Waals surface area contributed by atoms with E-state index in [1.54, 1.807) is 0 Å². The largest absolute Gasteiger partial charge is 0.356 e. The smallest absolute Gasteiger partial charge is 0.221 e. The first-order chi connectivity index (χ1) is 9.17. The zero-order chi connectivity index (χ0) is 14.1. The predicted octanol–water partition coefficient (Wildman–Crippen LogP) is 1.61. The minimum Gasteiger partial charge on any atom is -0.356 e. The lowest BCUT2D eigenvalue weighted by Gasteiger charge is -2.36. The number of amides is 1. The number of rotatable bonds is 8. The summed E-state index contributed by atoms with van der Waals surface area (Å²) in [5, 5.41) is 6.35. The van der Waals surface area contributed by atoms with E-state index in [0.717, 1.165) is 19.0 Å². The van der Waals surface area contributed by atoms with Gasteiger partial charge in [0.15, 0.2) is 0 Å². The van der Waals surface area contributed by atoms with E-state index in [4.69, 9.17) is 0 Å². The lowest BCUT2D eigenvalue weighted by Crippen LogP contribution is -2.45. The van der Waals surface area contributed by atoms with Crippen LogP contribution in [-0.2, 0) is 4.79 Å². The molecule has 1 amide bonds. The molecule has 112 valence electrons. The monoisotopic (exact) mass is 269 g/mol. The third kappa shape index (κ3) is 6.39. The molecule has 0 radical (unpaired) electrons. The fourth-order valence-electron chi connectivity index (χ4n) is 2.88. The number of piperidine rings is 1. The fraction of sp³-hybridized carbons (Fsp3) is 0.933. The Morgan fingerprint density at radius 1 is 1.42 bits per heavy atom. The van der Waals surface area contributed by atoms with Gasteiger partial charge < -0.3 is 15.5 Å². The summed E-state index contributed by atoms with van der Waals surface area (Å²) < 4.78 is 0. The molecule has 0 aliphatic carbocycles. The number of carbonyl (C=O) groups excluding carboxylic acids is 1. The molecule has 4 heteroatoms. The highest BCUT2D eigenvalue weighted by Gasteiger charge is 2.23. The Balaban J connectivity index is 2.21. The van der Waals surface area contributed by atoms with E-state index >= 15 is 0 Å². The zero-order valence-electron chi connectivity index (χ0n) is 12.9. The average Bonchev–Trinajstić information content (AvgIpc) is 2.39. The van der Waals surface area contributed by atoms with E-state index in [1.165, 1.54) is 38.9 Å². The van der Waals surface area contributed by atoms with Gasteiger partial charge in [0.2, 0.25) is 5.91 Å². The third-order valence-corrected chi connectivity index (χ3v) is 3.98. The first kappa shape index (κ1) is 16.4. The van der Waals surface area contributed by atoms with Crippen LogP contribution in [0, 0.1) is 5.92 Å². The zero-order valence-corrected chi connectivity index (χ0v) is 12.9. The molecule has 1 heterocycles. The van der Waals surface area contributed by atoms with Crippen LogP contribution in [0.1, 0.15) is 46.5 Å². The Morgan fingerprint density at radius 2 is 2.21 bits per heavy atom. The van der Waals surface area contributed by atoms with E-state index < -0.39 is 0 Å². The van der Waals surface area contributed by atoms with E-state index in [2.05, 4.69) is 29.4 Å². The summed E-state index contributed by atoms with van der Waals surface area (Å²) in [5.41, 5.74) is 0. The van der Waals surface area contributed by atoms with Crippen molar-refractivity contribution in [2.24, 2.45) is 5.92 Å². The van der Waals surface area contributed by atoms with Gasteiger partial charge in [-0.3, -0.25) is 4.79 Å². The van der Waals surface area contributed by atoms with Gasteiger partial charge in [0.1, 0.15) is 0 Å². The normalized spacial score (nSPS) is 22.2. The summed E-state index contributed by atoms with van der Waals surface area (Å²) in [7, 11) is 0. The van der Waals surface area contributed by atoms with Gasteiger partial charge in [-0.2, -0.15) is 0 Å². The molecule has 0 aromatic heterocycles. The number of likely N-dealkylation sites (tertiary alicyclic amines) is 1. The summed E-state index contributed by atoms with van der Waals surface area (Å²) in [6.07, 6.45) is 4.46. The standard InChI is InChI=1S/C15H31N3O/c1-4-10-18-11-6-7-14(12-18)13(3)17-9-8-15(19)16-5-2/h13-14,17H,4-12H2,1-3H3,(H,16,19). The van der Waals surface area contributed by atoms with Crippen LogP contribution in [0.5, 0.6) is 0 Å². The van der Waals surface area contributed by atoms with Crippen LogP contribution in [0.4, 0.5) is 0 Å². The second-order valence-corrected chi connectivity index (χ2v) is 5.65. The van der Waals surface area contributed by atoms with Crippen LogP contribution in [0.15, 0.2) is 0 Å². The summed E-state index contributed by atoms with van der Waals surface area (Å²) >= 11 is 0. The maximum atomic E-state index is 11.4. The van der Waals surface area contributed by atoms with Crippen molar-refractivity contribution in [2.75, 3.05) is 32.7 Å². The van der Waals surface area contributed by atoms with Crippen LogP contribution in [0.3, 0.4) is 0 Å². The molecule has 2 N–H and O–H groups in total. The third-order valence-electron chi connectivity index (χ3n) is 3.98. The number of hydrogen-bond acceptors (Lipinski definition) is 3. The molecular formula is C15H31N3O. The van der Waals surface area contributed by atoms with Gasteiger partial charge in [0, 0.05) is 32.1 Å². The molecule has 4 nitrogen and oxygen atoms in total. The van der Waals surface area contributed by atoms with Crippen molar-refractivity contribution >= 4 is 5.91 Å². The summed E-state index contributed by atoms with van der Waals surface area (Å²) in [5.74, 6) is 0.882. The maximum absolute atomic E-state index is 11.4. The topological polar surface area (TPSA) is 44.4 Å². The van der Waals surface area contributed by atoms with Crippen LogP contribution < -0.4 is 10.6 Å². The highest BCUT2D eigenvalue weighted by Crippen LogP contribution is 2.19. The molecule has 0 saturated carbocycles. The predicted molar refractivity (Wildman–Crippen MR) is 80.2 cm³/mol. The number of carbonyl (C=O) groups is 1. The molecule has 1 aliphatic rings. The summed E-state index contributed by atoms with van der Waals surface area (Å²) in [6.45, 7) is 11.7. The summed E-state index contributed by atoms with van der Waals surface area (Å²) in [6, 6.07) is 0.508. The average molecular weight is 269 g/mol. The van der Waals surface area contributed by atoms with Gasteiger partial charge in [-0.1, -0.05) is 6.92 Å². The van der Waals surface area contributed by atoms with Gasteiger partial charge >= 0.3 is 0 Å². The van der Waals surface area contributed by atoms with Crippen molar-refractivity contribution in [3.05, 3.63) is 0 Å². The Kier molecular flexibility index (Phi) is 8.07. The van der Waals surface area contributed by atoms with Crippen molar-refractivity contribution in [2.45, 2.75) is 52.5 Å². The van der Waals surface area contributed by atoms with E-state index in [0.29, 0.717) is 12.5 Å². The maximum Gasteiger partial charge on any atom is 0.221 e. The van der Waals surface area contributed by atoms with Gasteiger partial charge in [-0.15, -0.1) is 0 Å². The molecule has 1 saturated heterocycles. The summed E-state index contributed by atoms with van der Waals surface area (Å²) in [4.78, 5) is 14.0. The van der Waals surface area contributed by atoms with Crippen molar-refractivity contribution in [1.29, 1.82) is 0 Å². The molecule has 0 bridgehead atoms. The Bertz CT molecular complexity index is 256. The second kappa shape index (κ2) is 9.32. The van der Waals surface area contributed by atoms with Crippen molar-refractivity contribution in [3.8, 4) is 0 Å².